The molecule has 24 heavy (non-hydrogen) atoms. The Morgan fingerprint density at radius 2 is 1.62 bits per heavy atom. The monoisotopic (exact) mass is 338 g/mol. The quantitative estimate of drug-likeness (QED) is 0.720. The number of aromatic nitrogens is 1. The Bertz CT molecular complexity index is 860. The minimum atomic E-state index is 0.162. The van der Waals surface area contributed by atoms with E-state index in [4.69, 9.17) is 0 Å². The number of rotatable bonds is 4. The Balaban J connectivity index is 1.37. The van der Waals surface area contributed by atoms with Gasteiger partial charge in [-0.2, -0.15) is 0 Å². The van der Waals surface area contributed by atoms with E-state index in [-0.39, 0.29) is 4.87 Å². The molecule has 1 aliphatic heterocycles. The van der Waals surface area contributed by atoms with Crippen LogP contribution in [-0.2, 0) is 6.54 Å². The predicted octanol–water partition coefficient (Wildman–Crippen LogP) is 3.94. The number of piperidine rings is 1. The summed E-state index contributed by atoms with van der Waals surface area (Å²) < 4.78 is 3.02. The molecule has 0 N–H and O–H groups in total. The third-order valence-electron chi connectivity index (χ3n) is 5.07. The van der Waals surface area contributed by atoms with Crippen LogP contribution in [0, 0.1) is 0 Å². The van der Waals surface area contributed by atoms with Crippen molar-refractivity contribution in [2.75, 3.05) is 19.6 Å². The van der Waals surface area contributed by atoms with Crippen molar-refractivity contribution in [3.63, 3.8) is 0 Å². The average molecular weight is 338 g/mol. The van der Waals surface area contributed by atoms with Crippen molar-refractivity contribution < 1.29 is 0 Å². The number of para-hydroxylation sites is 1. The van der Waals surface area contributed by atoms with E-state index in [0.717, 1.165) is 36.4 Å². The second-order valence-corrected chi connectivity index (χ2v) is 7.51. The highest BCUT2D eigenvalue weighted by Crippen LogP contribution is 2.27. The van der Waals surface area contributed by atoms with Crippen molar-refractivity contribution >= 4 is 21.6 Å². The summed E-state index contributed by atoms with van der Waals surface area (Å²) >= 11 is 1.35. The van der Waals surface area contributed by atoms with Gasteiger partial charge in [0.2, 0.25) is 0 Å². The molecule has 2 heterocycles. The second kappa shape index (κ2) is 6.91. The highest BCUT2D eigenvalue weighted by Gasteiger charge is 2.20. The number of nitrogens with zero attached hydrogens (tertiary/aromatic N) is 2. The second-order valence-electron chi connectivity index (χ2n) is 6.51. The SMILES string of the molecule is O=c1sc2ccccc2n1CCN1CCC(c2ccccc2)CC1. The average Bonchev–Trinajstić information content (AvgIpc) is 2.96. The summed E-state index contributed by atoms with van der Waals surface area (Å²) in [4.78, 5) is 14.9. The van der Waals surface area contributed by atoms with Gasteiger partial charge < -0.3 is 4.90 Å². The van der Waals surface area contributed by atoms with Crippen LogP contribution in [0.25, 0.3) is 10.2 Å². The van der Waals surface area contributed by atoms with Crippen LogP contribution in [0.5, 0.6) is 0 Å². The zero-order valence-electron chi connectivity index (χ0n) is 13.7. The minimum absolute atomic E-state index is 0.162. The van der Waals surface area contributed by atoms with E-state index in [0.29, 0.717) is 5.92 Å². The summed E-state index contributed by atoms with van der Waals surface area (Å²) in [5.41, 5.74) is 2.55. The van der Waals surface area contributed by atoms with Crippen LogP contribution in [0.1, 0.15) is 24.3 Å². The molecular weight excluding hydrogens is 316 g/mol. The molecule has 0 atom stereocenters. The lowest BCUT2D eigenvalue weighted by Gasteiger charge is -2.32. The molecule has 1 aromatic heterocycles. The smallest absolute Gasteiger partial charge is 0.302 e. The summed E-state index contributed by atoms with van der Waals surface area (Å²) in [6, 6.07) is 18.9. The van der Waals surface area contributed by atoms with E-state index < -0.39 is 0 Å². The lowest BCUT2D eigenvalue weighted by molar-refractivity contribution is 0.205. The zero-order valence-corrected chi connectivity index (χ0v) is 14.5. The fourth-order valence-corrected chi connectivity index (χ4v) is 4.60. The Kier molecular flexibility index (Phi) is 4.50. The number of hydrogen-bond donors (Lipinski definition) is 0. The lowest BCUT2D eigenvalue weighted by atomic mass is 9.89. The Morgan fingerprint density at radius 3 is 2.42 bits per heavy atom. The molecule has 4 heteroatoms. The Labute approximate surface area is 146 Å². The van der Waals surface area contributed by atoms with Crippen LogP contribution >= 0.6 is 11.3 Å². The van der Waals surface area contributed by atoms with Crippen molar-refractivity contribution in [3.05, 3.63) is 69.8 Å². The van der Waals surface area contributed by atoms with E-state index in [2.05, 4.69) is 41.3 Å². The van der Waals surface area contributed by atoms with E-state index in [1.54, 1.807) is 0 Å². The number of benzene rings is 2. The summed E-state index contributed by atoms with van der Waals surface area (Å²) in [5, 5.41) is 0. The van der Waals surface area contributed by atoms with Crippen LogP contribution in [0.3, 0.4) is 0 Å². The highest BCUT2D eigenvalue weighted by atomic mass is 32.1. The molecule has 0 amide bonds. The van der Waals surface area contributed by atoms with Gasteiger partial charge in [-0.25, -0.2) is 0 Å². The van der Waals surface area contributed by atoms with Gasteiger partial charge in [-0.3, -0.25) is 9.36 Å². The van der Waals surface area contributed by atoms with E-state index >= 15 is 0 Å². The third kappa shape index (κ3) is 3.17. The van der Waals surface area contributed by atoms with Crippen LogP contribution < -0.4 is 4.87 Å². The summed E-state index contributed by atoms with van der Waals surface area (Å²) in [5.74, 6) is 0.687. The van der Waals surface area contributed by atoms with Gasteiger partial charge in [0, 0.05) is 13.1 Å². The Hall–Kier alpha value is -1.91. The predicted molar refractivity (Wildman–Crippen MR) is 101 cm³/mol. The number of fused-ring (bicyclic) bond motifs is 1. The topological polar surface area (TPSA) is 25.2 Å². The van der Waals surface area contributed by atoms with Gasteiger partial charge in [0.1, 0.15) is 0 Å². The molecule has 0 radical (unpaired) electrons. The first-order valence-electron chi connectivity index (χ1n) is 8.67. The van der Waals surface area contributed by atoms with Gasteiger partial charge in [-0.15, -0.1) is 0 Å². The van der Waals surface area contributed by atoms with Crippen LogP contribution in [0.15, 0.2) is 59.4 Å². The van der Waals surface area contributed by atoms with Crippen molar-refractivity contribution in [1.82, 2.24) is 9.47 Å². The summed E-state index contributed by atoms with van der Waals surface area (Å²) in [7, 11) is 0. The van der Waals surface area contributed by atoms with Crippen molar-refractivity contribution in [2.45, 2.75) is 25.3 Å². The van der Waals surface area contributed by atoms with Gasteiger partial charge in [-0.1, -0.05) is 53.8 Å². The van der Waals surface area contributed by atoms with Crippen molar-refractivity contribution in [1.29, 1.82) is 0 Å². The summed E-state index contributed by atoms with van der Waals surface area (Å²) in [6.07, 6.45) is 2.42. The molecule has 3 aromatic rings. The molecule has 2 aromatic carbocycles. The fourth-order valence-electron chi connectivity index (χ4n) is 3.68. The van der Waals surface area contributed by atoms with Gasteiger partial charge in [-0.05, 0) is 49.5 Å². The standard InChI is InChI=1S/C20H22N2OS/c23-20-22(18-8-4-5-9-19(18)24-20)15-14-21-12-10-17(11-13-21)16-6-2-1-3-7-16/h1-9,17H,10-15H2. The zero-order chi connectivity index (χ0) is 16.4. The molecule has 0 saturated carbocycles. The van der Waals surface area contributed by atoms with Crippen LogP contribution in [0.2, 0.25) is 0 Å². The van der Waals surface area contributed by atoms with Crippen LogP contribution in [-0.4, -0.2) is 29.1 Å². The Morgan fingerprint density at radius 1 is 0.917 bits per heavy atom. The molecule has 3 nitrogen and oxygen atoms in total. The maximum Gasteiger partial charge on any atom is 0.308 e. The van der Waals surface area contributed by atoms with Gasteiger partial charge in [0.25, 0.3) is 0 Å². The van der Waals surface area contributed by atoms with Gasteiger partial charge in [0.15, 0.2) is 0 Å². The number of hydrogen-bond acceptors (Lipinski definition) is 3. The minimum Gasteiger partial charge on any atom is -0.302 e. The summed E-state index contributed by atoms with van der Waals surface area (Å²) in [6.45, 7) is 3.99. The van der Waals surface area contributed by atoms with Gasteiger partial charge in [0.05, 0.1) is 10.2 Å². The molecule has 1 saturated heterocycles. The largest absolute Gasteiger partial charge is 0.308 e. The molecule has 0 aliphatic carbocycles. The molecule has 0 bridgehead atoms. The molecule has 124 valence electrons. The normalized spacial score (nSPS) is 16.7. The molecule has 0 unspecified atom stereocenters. The van der Waals surface area contributed by atoms with Crippen LogP contribution in [0.4, 0.5) is 0 Å². The fraction of sp³-hybridized carbons (Fsp3) is 0.350. The maximum atomic E-state index is 12.2. The van der Waals surface area contributed by atoms with Gasteiger partial charge >= 0.3 is 4.87 Å². The first-order valence-corrected chi connectivity index (χ1v) is 9.48. The maximum absolute atomic E-state index is 12.2. The van der Waals surface area contributed by atoms with E-state index in [1.165, 1.54) is 29.7 Å². The highest BCUT2D eigenvalue weighted by molar-refractivity contribution is 7.16. The molecule has 1 aliphatic rings. The lowest BCUT2D eigenvalue weighted by Crippen LogP contribution is -2.36. The molecular formula is C20H22N2OS. The number of thiazole rings is 1. The molecule has 0 spiro atoms. The van der Waals surface area contributed by atoms with E-state index in [1.807, 2.05) is 22.8 Å². The molecule has 1 fully saturated rings. The molecule has 4 rings (SSSR count). The first-order chi connectivity index (χ1) is 11.8. The van der Waals surface area contributed by atoms with E-state index in [9.17, 15) is 4.79 Å². The van der Waals surface area contributed by atoms with Crippen molar-refractivity contribution in [2.24, 2.45) is 0 Å². The first kappa shape index (κ1) is 15.6. The third-order valence-corrected chi connectivity index (χ3v) is 6.03. The number of likely N-dealkylation sites (tertiary alicyclic amines) is 1. The van der Waals surface area contributed by atoms with Crippen molar-refractivity contribution in [3.8, 4) is 0 Å².